The summed E-state index contributed by atoms with van der Waals surface area (Å²) in [6.45, 7) is 1.83. The summed E-state index contributed by atoms with van der Waals surface area (Å²) in [6, 6.07) is 8.55. The van der Waals surface area contributed by atoms with Crippen LogP contribution in [-0.2, 0) is 19.1 Å². The highest BCUT2D eigenvalue weighted by Gasteiger charge is 2.33. The molecular weight excluding hydrogens is 385 g/mol. The van der Waals surface area contributed by atoms with Crippen LogP contribution in [0.25, 0.3) is 11.4 Å². The molecule has 2 aromatic heterocycles. The minimum atomic E-state index is -4.50. The number of nitrogens with zero attached hydrogens (tertiary/aromatic N) is 2. The summed E-state index contributed by atoms with van der Waals surface area (Å²) in [5.41, 5.74) is 0.312. The van der Waals surface area contributed by atoms with Gasteiger partial charge < -0.3 is 15.0 Å². The lowest BCUT2D eigenvalue weighted by Gasteiger charge is -2.15. The Hall–Kier alpha value is -3.36. The number of pyridine rings is 1. The summed E-state index contributed by atoms with van der Waals surface area (Å²) >= 11 is 0. The van der Waals surface area contributed by atoms with Gasteiger partial charge in [-0.05, 0) is 36.2 Å². The molecule has 0 amide bonds. The second-order valence-electron chi connectivity index (χ2n) is 6.25. The largest absolute Gasteiger partial charge is 0.497 e. The van der Waals surface area contributed by atoms with E-state index in [1.54, 1.807) is 12.1 Å². The number of halogens is 3. The maximum Gasteiger partial charge on any atom is 0.416 e. The first-order chi connectivity index (χ1) is 13.8. The second kappa shape index (κ2) is 8.34. The van der Waals surface area contributed by atoms with Crippen LogP contribution in [0, 0.1) is 0 Å². The van der Waals surface area contributed by atoms with Crippen molar-refractivity contribution in [3.63, 3.8) is 0 Å². The Balaban J connectivity index is 1.78. The van der Waals surface area contributed by atoms with Gasteiger partial charge in [0.1, 0.15) is 17.4 Å². The zero-order valence-corrected chi connectivity index (χ0v) is 15.8. The van der Waals surface area contributed by atoms with Crippen LogP contribution in [0.15, 0.2) is 47.4 Å². The predicted molar refractivity (Wildman–Crippen MR) is 103 cm³/mol. The standard InChI is InChI=1S/C20H19F3N4O2/c1-3-14-8-18(28)27-19(26-14)13-5-7-17(25-11-13)24-10-12-4-6-15(29-2)9-16(12)20(21,22)23/h4-9,11H,3,10H2,1-2H3,(H,24,25)(H,26,27,28). The van der Waals surface area contributed by atoms with Gasteiger partial charge in [0.15, 0.2) is 0 Å². The fourth-order valence-corrected chi connectivity index (χ4v) is 2.75. The maximum absolute atomic E-state index is 13.3. The molecule has 0 unspecified atom stereocenters. The number of aromatic nitrogens is 3. The molecule has 6 nitrogen and oxygen atoms in total. The van der Waals surface area contributed by atoms with E-state index in [1.165, 1.54) is 31.5 Å². The number of H-pyrrole nitrogens is 1. The Morgan fingerprint density at radius 1 is 1.17 bits per heavy atom. The molecule has 0 aliphatic carbocycles. The van der Waals surface area contributed by atoms with Gasteiger partial charge in [-0.15, -0.1) is 0 Å². The number of ether oxygens (including phenoxy) is 1. The number of hydrogen-bond donors (Lipinski definition) is 2. The number of aryl methyl sites for hydroxylation is 1. The number of nitrogens with one attached hydrogen (secondary N) is 2. The van der Waals surface area contributed by atoms with Crippen LogP contribution in [0.4, 0.5) is 19.0 Å². The van der Waals surface area contributed by atoms with Gasteiger partial charge in [-0.1, -0.05) is 13.0 Å². The Labute approximate surface area is 164 Å². The van der Waals surface area contributed by atoms with Crippen molar-refractivity contribution in [2.24, 2.45) is 0 Å². The summed E-state index contributed by atoms with van der Waals surface area (Å²) in [7, 11) is 1.32. The van der Waals surface area contributed by atoms with Crippen LogP contribution < -0.4 is 15.6 Å². The lowest BCUT2D eigenvalue weighted by molar-refractivity contribution is -0.138. The Morgan fingerprint density at radius 3 is 2.59 bits per heavy atom. The fraction of sp³-hybridized carbons (Fsp3) is 0.250. The summed E-state index contributed by atoms with van der Waals surface area (Å²) in [4.78, 5) is 22.9. The number of alkyl halides is 3. The van der Waals surface area contributed by atoms with E-state index in [9.17, 15) is 18.0 Å². The lowest BCUT2D eigenvalue weighted by Crippen LogP contribution is -2.12. The molecule has 29 heavy (non-hydrogen) atoms. The van der Waals surface area contributed by atoms with Gasteiger partial charge in [0.2, 0.25) is 0 Å². The molecule has 2 heterocycles. The highest BCUT2D eigenvalue weighted by molar-refractivity contribution is 5.56. The van der Waals surface area contributed by atoms with E-state index in [1.807, 2.05) is 6.92 Å². The van der Waals surface area contributed by atoms with Gasteiger partial charge in [-0.2, -0.15) is 13.2 Å². The molecule has 0 spiro atoms. The van der Waals surface area contributed by atoms with Gasteiger partial charge in [-0.25, -0.2) is 9.97 Å². The molecular formula is C20H19F3N4O2. The highest BCUT2D eigenvalue weighted by Crippen LogP contribution is 2.34. The third kappa shape index (κ3) is 4.92. The normalized spacial score (nSPS) is 11.3. The fourth-order valence-electron chi connectivity index (χ4n) is 2.75. The monoisotopic (exact) mass is 404 g/mol. The molecule has 0 fully saturated rings. The molecule has 0 atom stereocenters. The average molecular weight is 404 g/mol. The highest BCUT2D eigenvalue weighted by atomic mass is 19.4. The number of aromatic amines is 1. The van der Waals surface area contributed by atoms with Crippen LogP contribution in [0.1, 0.15) is 23.7 Å². The summed E-state index contributed by atoms with van der Waals surface area (Å²) in [5, 5.41) is 2.88. The van der Waals surface area contributed by atoms with Crippen molar-refractivity contribution in [1.82, 2.24) is 15.0 Å². The molecule has 0 bridgehead atoms. The third-order valence-electron chi connectivity index (χ3n) is 4.28. The van der Waals surface area contributed by atoms with Crippen molar-refractivity contribution in [2.75, 3.05) is 12.4 Å². The zero-order valence-electron chi connectivity index (χ0n) is 15.8. The van der Waals surface area contributed by atoms with E-state index in [0.717, 1.165) is 6.07 Å². The summed E-state index contributed by atoms with van der Waals surface area (Å²) < 4.78 is 44.8. The molecule has 0 radical (unpaired) electrons. The first-order valence-electron chi connectivity index (χ1n) is 8.84. The minimum absolute atomic E-state index is 0.0639. The molecule has 0 saturated heterocycles. The van der Waals surface area contributed by atoms with Crippen LogP contribution in [-0.4, -0.2) is 22.1 Å². The van der Waals surface area contributed by atoms with E-state index >= 15 is 0 Å². The molecule has 0 aliphatic heterocycles. The first-order valence-corrected chi connectivity index (χ1v) is 8.84. The molecule has 152 valence electrons. The first kappa shape index (κ1) is 20.4. The van der Waals surface area contributed by atoms with E-state index < -0.39 is 11.7 Å². The van der Waals surface area contributed by atoms with Crippen LogP contribution in [0.2, 0.25) is 0 Å². The van der Waals surface area contributed by atoms with Crippen molar-refractivity contribution in [1.29, 1.82) is 0 Å². The zero-order chi connectivity index (χ0) is 21.0. The van der Waals surface area contributed by atoms with Gasteiger partial charge in [0.25, 0.3) is 5.56 Å². The van der Waals surface area contributed by atoms with Crippen LogP contribution in [0.3, 0.4) is 0 Å². The van der Waals surface area contributed by atoms with Gasteiger partial charge >= 0.3 is 6.18 Å². The smallest absolute Gasteiger partial charge is 0.416 e. The summed E-state index contributed by atoms with van der Waals surface area (Å²) in [6.07, 6.45) is -2.38. The number of methoxy groups -OCH3 is 1. The van der Waals surface area contributed by atoms with Crippen molar-refractivity contribution in [3.8, 4) is 17.1 Å². The Bertz CT molecular complexity index is 1050. The quantitative estimate of drug-likeness (QED) is 0.648. The lowest BCUT2D eigenvalue weighted by atomic mass is 10.1. The number of anilines is 1. The topological polar surface area (TPSA) is 79.9 Å². The Morgan fingerprint density at radius 2 is 1.97 bits per heavy atom. The molecule has 3 aromatic rings. The molecule has 9 heteroatoms. The van der Waals surface area contributed by atoms with E-state index in [4.69, 9.17) is 4.74 Å². The van der Waals surface area contributed by atoms with Crippen molar-refractivity contribution < 1.29 is 17.9 Å². The second-order valence-corrected chi connectivity index (χ2v) is 6.25. The van der Waals surface area contributed by atoms with Crippen LogP contribution >= 0.6 is 0 Å². The number of rotatable bonds is 6. The van der Waals surface area contributed by atoms with E-state index in [2.05, 4.69) is 20.3 Å². The van der Waals surface area contributed by atoms with Gasteiger partial charge in [-0.3, -0.25) is 4.79 Å². The van der Waals surface area contributed by atoms with Crippen molar-refractivity contribution in [3.05, 3.63) is 69.8 Å². The Kier molecular flexibility index (Phi) is 5.86. The third-order valence-corrected chi connectivity index (χ3v) is 4.28. The molecule has 3 rings (SSSR count). The predicted octanol–water partition coefficient (Wildman–Crippen LogP) is 4.03. The van der Waals surface area contributed by atoms with Gasteiger partial charge in [0, 0.05) is 30.1 Å². The van der Waals surface area contributed by atoms with E-state index in [0.29, 0.717) is 29.3 Å². The molecule has 0 aliphatic rings. The SMILES string of the molecule is CCc1cc(=O)[nH]c(-c2ccc(NCc3ccc(OC)cc3C(F)(F)F)nc2)n1. The van der Waals surface area contributed by atoms with Crippen molar-refractivity contribution in [2.45, 2.75) is 26.1 Å². The molecule has 0 saturated carbocycles. The average Bonchev–Trinajstić information content (AvgIpc) is 2.71. The van der Waals surface area contributed by atoms with Gasteiger partial charge in [0.05, 0.1) is 12.7 Å². The van der Waals surface area contributed by atoms with Crippen molar-refractivity contribution >= 4 is 5.82 Å². The maximum atomic E-state index is 13.3. The van der Waals surface area contributed by atoms with Crippen LogP contribution in [0.5, 0.6) is 5.75 Å². The molecule has 1 aromatic carbocycles. The molecule has 2 N–H and O–H groups in total. The minimum Gasteiger partial charge on any atom is -0.497 e. The summed E-state index contributed by atoms with van der Waals surface area (Å²) in [5.74, 6) is 0.925. The number of benzene rings is 1. The van der Waals surface area contributed by atoms with E-state index in [-0.39, 0.29) is 23.4 Å². The number of hydrogen-bond acceptors (Lipinski definition) is 5.